The molecular weight excluding hydrogens is 298 g/mol. The van der Waals surface area contributed by atoms with Gasteiger partial charge in [0.1, 0.15) is 0 Å². The Hall–Kier alpha value is -2.41. The van der Waals surface area contributed by atoms with Crippen molar-refractivity contribution in [3.8, 4) is 0 Å². The van der Waals surface area contributed by atoms with Crippen LogP contribution in [0.1, 0.15) is 42.5 Å². The Bertz CT molecular complexity index is 747. The Morgan fingerprint density at radius 3 is 2.78 bits per heavy atom. The summed E-state index contributed by atoms with van der Waals surface area (Å²) in [6.45, 7) is 0.202. The van der Waals surface area contributed by atoms with Gasteiger partial charge in [0, 0.05) is 35.8 Å². The minimum Gasteiger partial charge on any atom is -0.388 e. The van der Waals surface area contributed by atoms with Gasteiger partial charge in [0.05, 0.1) is 16.1 Å². The molecule has 1 amide bonds. The lowest BCUT2D eigenvalue weighted by Gasteiger charge is -2.32. The molecule has 1 fully saturated rings. The lowest BCUT2D eigenvalue weighted by atomic mass is 9.85. The Balaban J connectivity index is 1.78. The van der Waals surface area contributed by atoms with E-state index in [4.69, 9.17) is 0 Å². The summed E-state index contributed by atoms with van der Waals surface area (Å²) in [6.07, 6.45) is 5.95. The number of non-ortho nitro benzene ring substituents is 1. The number of fused-ring (bicyclic) bond motifs is 1. The summed E-state index contributed by atoms with van der Waals surface area (Å²) in [6, 6.07) is 4.36. The van der Waals surface area contributed by atoms with Gasteiger partial charge < -0.3 is 15.4 Å². The zero-order valence-electron chi connectivity index (χ0n) is 12.7. The standard InChI is InChI=1S/C16H19N3O4/c20-15(18-10-16(21)6-2-1-3-7-16)13-9-17-14-5-4-11(19(22)23)8-12(13)14/h4-5,8-9,17,21H,1-3,6-7,10H2,(H,18,20). The molecule has 0 aliphatic heterocycles. The van der Waals surface area contributed by atoms with E-state index in [0.717, 1.165) is 19.3 Å². The maximum atomic E-state index is 12.4. The largest absolute Gasteiger partial charge is 0.388 e. The first-order valence-electron chi connectivity index (χ1n) is 7.75. The molecule has 0 atom stereocenters. The fraction of sp³-hybridized carbons (Fsp3) is 0.438. The third-order valence-electron chi connectivity index (χ3n) is 4.48. The second kappa shape index (κ2) is 6.00. The normalized spacial score (nSPS) is 17.1. The number of H-pyrrole nitrogens is 1. The molecule has 0 saturated heterocycles. The van der Waals surface area contributed by atoms with E-state index in [1.807, 2.05) is 0 Å². The van der Waals surface area contributed by atoms with Crippen molar-refractivity contribution in [2.24, 2.45) is 0 Å². The van der Waals surface area contributed by atoms with Crippen LogP contribution < -0.4 is 5.32 Å². The number of aromatic amines is 1. The summed E-state index contributed by atoms with van der Waals surface area (Å²) >= 11 is 0. The van der Waals surface area contributed by atoms with Crippen LogP contribution in [0.3, 0.4) is 0 Å². The first-order chi connectivity index (χ1) is 11.0. The van der Waals surface area contributed by atoms with Crippen LogP contribution in [0.25, 0.3) is 10.9 Å². The fourth-order valence-corrected chi connectivity index (χ4v) is 3.14. The molecular formula is C16H19N3O4. The number of nitro groups is 1. The molecule has 23 heavy (non-hydrogen) atoms. The Labute approximate surface area is 132 Å². The molecule has 0 radical (unpaired) electrons. The zero-order chi connectivity index (χ0) is 16.4. The van der Waals surface area contributed by atoms with Gasteiger partial charge >= 0.3 is 0 Å². The number of aromatic nitrogens is 1. The first-order valence-corrected chi connectivity index (χ1v) is 7.75. The minimum atomic E-state index is -0.841. The van der Waals surface area contributed by atoms with Gasteiger partial charge in [0.15, 0.2) is 0 Å². The van der Waals surface area contributed by atoms with Gasteiger partial charge in [-0.05, 0) is 18.9 Å². The number of carbonyl (C=O) groups is 1. The quantitative estimate of drug-likeness (QED) is 0.594. The summed E-state index contributed by atoms with van der Waals surface area (Å²) in [5.41, 5.74) is 0.115. The molecule has 1 aromatic heterocycles. The molecule has 0 unspecified atom stereocenters. The van der Waals surface area contributed by atoms with Gasteiger partial charge in [-0.25, -0.2) is 0 Å². The van der Waals surface area contributed by atoms with E-state index in [2.05, 4.69) is 10.3 Å². The molecule has 1 aliphatic rings. The summed E-state index contributed by atoms with van der Waals surface area (Å²) in [5.74, 6) is -0.337. The number of nitro benzene ring substituents is 1. The number of rotatable bonds is 4. The van der Waals surface area contributed by atoms with E-state index in [9.17, 15) is 20.0 Å². The van der Waals surface area contributed by atoms with Crippen molar-refractivity contribution < 1.29 is 14.8 Å². The van der Waals surface area contributed by atoms with E-state index in [1.165, 1.54) is 18.3 Å². The molecule has 1 heterocycles. The van der Waals surface area contributed by atoms with Crippen LogP contribution in [0.15, 0.2) is 24.4 Å². The van der Waals surface area contributed by atoms with Crippen LogP contribution in [0.5, 0.6) is 0 Å². The highest BCUT2D eigenvalue weighted by Crippen LogP contribution is 2.28. The SMILES string of the molecule is O=C(NCC1(O)CCCCC1)c1c[nH]c2ccc([N+](=O)[O-])cc12. The third kappa shape index (κ3) is 3.19. The van der Waals surface area contributed by atoms with Gasteiger partial charge in [0.2, 0.25) is 0 Å². The highest BCUT2D eigenvalue weighted by Gasteiger charge is 2.29. The molecule has 1 aliphatic carbocycles. The van der Waals surface area contributed by atoms with Crippen molar-refractivity contribution in [3.63, 3.8) is 0 Å². The van der Waals surface area contributed by atoms with Gasteiger partial charge in [-0.15, -0.1) is 0 Å². The third-order valence-corrected chi connectivity index (χ3v) is 4.48. The maximum absolute atomic E-state index is 12.4. The number of hydrogen-bond acceptors (Lipinski definition) is 4. The van der Waals surface area contributed by atoms with E-state index < -0.39 is 10.5 Å². The maximum Gasteiger partial charge on any atom is 0.270 e. The molecule has 3 N–H and O–H groups in total. The number of nitrogens with zero attached hydrogens (tertiary/aromatic N) is 1. The average Bonchev–Trinajstić information content (AvgIpc) is 2.96. The van der Waals surface area contributed by atoms with Gasteiger partial charge in [0.25, 0.3) is 11.6 Å². The molecule has 3 rings (SSSR count). The van der Waals surface area contributed by atoms with Crippen LogP contribution in [0.2, 0.25) is 0 Å². The molecule has 2 aromatic rings. The van der Waals surface area contributed by atoms with Crippen LogP contribution in [0.4, 0.5) is 5.69 Å². The van der Waals surface area contributed by atoms with E-state index >= 15 is 0 Å². The highest BCUT2D eigenvalue weighted by atomic mass is 16.6. The second-order valence-electron chi connectivity index (χ2n) is 6.16. The van der Waals surface area contributed by atoms with Crippen LogP contribution in [-0.2, 0) is 0 Å². The van der Waals surface area contributed by atoms with Gasteiger partial charge in [-0.2, -0.15) is 0 Å². The molecule has 7 nitrogen and oxygen atoms in total. The smallest absolute Gasteiger partial charge is 0.270 e. The van der Waals surface area contributed by atoms with Gasteiger partial charge in [-0.1, -0.05) is 19.3 Å². The summed E-state index contributed by atoms with van der Waals surface area (Å²) in [5, 5.41) is 24.6. The Morgan fingerprint density at radius 2 is 2.09 bits per heavy atom. The fourth-order valence-electron chi connectivity index (χ4n) is 3.14. The van der Waals surface area contributed by atoms with Crippen molar-refractivity contribution in [1.29, 1.82) is 0 Å². The molecule has 1 saturated carbocycles. The zero-order valence-corrected chi connectivity index (χ0v) is 12.7. The second-order valence-corrected chi connectivity index (χ2v) is 6.16. The van der Waals surface area contributed by atoms with Crippen molar-refractivity contribution in [1.82, 2.24) is 10.3 Å². The highest BCUT2D eigenvalue weighted by molar-refractivity contribution is 6.07. The molecule has 0 bridgehead atoms. The van der Waals surface area contributed by atoms with E-state index in [1.54, 1.807) is 6.07 Å². The van der Waals surface area contributed by atoms with Crippen molar-refractivity contribution >= 4 is 22.5 Å². The van der Waals surface area contributed by atoms with Crippen LogP contribution >= 0.6 is 0 Å². The predicted octanol–water partition coefficient (Wildman–Crippen LogP) is 2.50. The van der Waals surface area contributed by atoms with Crippen LogP contribution in [-0.4, -0.2) is 33.1 Å². The predicted molar refractivity (Wildman–Crippen MR) is 85.3 cm³/mol. The lowest BCUT2D eigenvalue weighted by molar-refractivity contribution is -0.384. The number of benzene rings is 1. The van der Waals surface area contributed by atoms with Crippen molar-refractivity contribution in [3.05, 3.63) is 40.1 Å². The first kappa shape index (κ1) is 15.5. The molecule has 0 spiro atoms. The topological polar surface area (TPSA) is 108 Å². The van der Waals surface area contributed by atoms with Crippen LogP contribution in [0, 0.1) is 10.1 Å². The summed E-state index contributed by atoms with van der Waals surface area (Å²) < 4.78 is 0. The summed E-state index contributed by atoms with van der Waals surface area (Å²) in [4.78, 5) is 25.7. The average molecular weight is 317 g/mol. The Morgan fingerprint density at radius 1 is 1.35 bits per heavy atom. The molecule has 122 valence electrons. The number of aliphatic hydroxyl groups is 1. The monoisotopic (exact) mass is 317 g/mol. The van der Waals surface area contributed by atoms with Crippen molar-refractivity contribution in [2.45, 2.75) is 37.7 Å². The van der Waals surface area contributed by atoms with E-state index in [-0.39, 0.29) is 18.1 Å². The number of hydrogen-bond donors (Lipinski definition) is 3. The number of nitrogens with one attached hydrogen (secondary N) is 2. The lowest BCUT2D eigenvalue weighted by Crippen LogP contribution is -2.44. The molecule has 7 heteroatoms. The van der Waals surface area contributed by atoms with Gasteiger partial charge in [-0.3, -0.25) is 14.9 Å². The Kier molecular flexibility index (Phi) is 4.04. The minimum absolute atomic E-state index is 0.0583. The number of carbonyl (C=O) groups excluding carboxylic acids is 1. The van der Waals surface area contributed by atoms with Crippen molar-refractivity contribution in [2.75, 3.05) is 6.54 Å². The number of amides is 1. The summed E-state index contributed by atoms with van der Waals surface area (Å²) in [7, 11) is 0. The van der Waals surface area contributed by atoms with E-state index in [0.29, 0.717) is 29.3 Å². The molecule has 1 aromatic carbocycles.